The van der Waals surface area contributed by atoms with Crippen LogP contribution in [0.1, 0.15) is 57.2 Å². The SMILES string of the molecule is COc1cccc(CN2CCC(c3nc(C)ccc3C(=O)N3CCc4ccccc4C3)CC2)c1OC. The van der Waals surface area contributed by atoms with E-state index in [-0.39, 0.29) is 11.8 Å². The summed E-state index contributed by atoms with van der Waals surface area (Å²) in [7, 11) is 3.36. The van der Waals surface area contributed by atoms with Gasteiger partial charge in [0.1, 0.15) is 0 Å². The summed E-state index contributed by atoms with van der Waals surface area (Å²) in [6.07, 6.45) is 2.86. The Kier molecular flexibility index (Phi) is 7.23. The molecule has 1 aromatic heterocycles. The van der Waals surface area contributed by atoms with E-state index in [1.54, 1.807) is 14.2 Å². The summed E-state index contributed by atoms with van der Waals surface area (Å²) in [4.78, 5) is 23.0. The lowest BCUT2D eigenvalue weighted by atomic mass is 9.89. The molecule has 0 saturated carbocycles. The molecule has 0 unspecified atom stereocenters. The molecule has 5 rings (SSSR count). The first-order valence-electron chi connectivity index (χ1n) is 12.8. The number of piperidine rings is 1. The Labute approximate surface area is 213 Å². The van der Waals surface area contributed by atoms with Gasteiger partial charge < -0.3 is 14.4 Å². The van der Waals surface area contributed by atoms with Gasteiger partial charge in [-0.1, -0.05) is 36.4 Å². The molecule has 0 spiro atoms. The zero-order valence-corrected chi connectivity index (χ0v) is 21.5. The number of carbonyl (C=O) groups excluding carboxylic acids is 1. The highest BCUT2D eigenvalue weighted by Gasteiger charge is 2.29. The van der Waals surface area contributed by atoms with Crippen molar-refractivity contribution in [2.24, 2.45) is 0 Å². The Bertz CT molecular complexity index is 1230. The highest BCUT2D eigenvalue weighted by atomic mass is 16.5. The first kappa shape index (κ1) is 24.3. The summed E-state index contributed by atoms with van der Waals surface area (Å²) in [5.41, 5.74) is 6.44. The largest absolute Gasteiger partial charge is 0.493 e. The number of aryl methyl sites for hydroxylation is 1. The average Bonchev–Trinajstić information content (AvgIpc) is 2.92. The molecule has 0 aliphatic carbocycles. The van der Waals surface area contributed by atoms with Crippen molar-refractivity contribution < 1.29 is 14.3 Å². The monoisotopic (exact) mass is 485 g/mol. The third-order valence-corrected chi connectivity index (χ3v) is 7.56. The number of likely N-dealkylation sites (tertiary alicyclic amines) is 1. The minimum Gasteiger partial charge on any atom is -0.493 e. The fourth-order valence-electron chi connectivity index (χ4n) is 5.59. The topological polar surface area (TPSA) is 54.9 Å². The lowest BCUT2D eigenvalue weighted by Gasteiger charge is -2.34. The maximum atomic E-state index is 13.7. The second-order valence-corrected chi connectivity index (χ2v) is 9.83. The smallest absolute Gasteiger partial charge is 0.256 e. The van der Waals surface area contributed by atoms with Gasteiger partial charge in [0, 0.05) is 36.8 Å². The number of rotatable bonds is 6. The molecule has 36 heavy (non-hydrogen) atoms. The van der Waals surface area contributed by atoms with Crippen LogP contribution in [0.3, 0.4) is 0 Å². The summed E-state index contributed by atoms with van der Waals surface area (Å²) in [6, 6.07) is 18.4. The zero-order valence-electron chi connectivity index (χ0n) is 21.5. The highest BCUT2D eigenvalue weighted by Crippen LogP contribution is 2.35. The summed E-state index contributed by atoms with van der Waals surface area (Å²) >= 11 is 0. The van der Waals surface area contributed by atoms with E-state index in [0.29, 0.717) is 6.54 Å². The Morgan fingerprint density at radius 3 is 2.47 bits per heavy atom. The molecule has 188 valence electrons. The van der Waals surface area contributed by atoms with E-state index < -0.39 is 0 Å². The molecule has 2 aliphatic rings. The van der Waals surface area contributed by atoms with Crippen molar-refractivity contribution in [3.8, 4) is 11.5 Å². The van der Waals surface area contributed by atoms with Crippen LogP contribution >= 0.6 is 0 Å². The second kappa shape index (κ2) is 10.7. The number of ether oxygens (including phenoxy) is 2. The molecule has 2 aromatic carbocycles. The van der Waals surface area contributed by atoms with Gasteiger partial charge in [0.2, 0.25) is 0 Å². The summed E-state index contributed by atoms with van der Waals surface area (Å²) in [5, 5.41) is 0. The predicted molar refractivity (Wildman–Crippen MR) is 141 cm³/mol. The number of para-hydroxylation sites is 1. The number of nitrogens with zero attached hydrogens (tertiary/aromatic N) is 3. The van der Waals surface area contributed by atoms with E-state index in [0.717, 1.165) is 79.5 Å². The van der Waals surface area contributed by atoms with E-state index in [1.807, 2.05) is 36.1 Å². The number of fused-ring (bicyclic) bond motifs is 1. The number of hydrogen-bond donors (Lipinski definition) is 0. The van der Waals surface area contributed by atoms with Crippen LogP contribution in [0.25, 0.3) is 0 Å². The molecule has 3 aromatic rings. The maximum Gasteiger partial charge on any atom is 0.256 e. The van der Waals surface area contributed by atoms with E-state index in [1.165, 1.54) is 11.1 Å². The third kappa shape index (κ3) is 4.96. The molecule has 1 amide bonds. The van der Waals surface area contributed by atoms with Crippen LogP contribution in [0.2, 0.25) is 0 Å². The number of pyridine rings is 1. The van der Waals surface area contributed by atoms with Crippen LogP contribution < -0.4 is 9.47 Å². The van der Waals surface area contributed by atoms with Gasteiger partial charge in [-0.15, -0.1) is 0 Å². The van der Waals surface area contributed by atoms with Crippen LogP contribution in [0, 0.1) is 6.92 Å². The minimum absolute atomic E-state index is 0.107. The van der Waals surface area contributed by atoms with Gasteiger partial charge in [-0.05, 0) is 68.6 Å². The van der Waals surface area contributed by atoms with Crippen LogP contribution in [0.5, 0.6) is 11.5 Å². The average molecular weight is 486 g/mol. The number of hydrogen-bond acceptors (Lipinski definition) is 5. The van der Waals surface area contributed by atoms with E-state index in [4.69, 9.17) is 14.5 Å². The summed E-state index contributed by atoms with van der Waals surface area (Å²) in [6.45, 7) is 6.15. The molecule has 6 nitrogen and oxygen atoms in total. The van der Waals surface area contributed by atoms with Gasteiger partial charge in [0.15, 0.2) is 11.5 Å². The maximum absolute atomic E-state index is 13.7. The highest BCUT2D eigenvalue weighted by molar-refractivity contribution is 5.95. The second-order valence-electron chi connectivity index (χ2n) is 9.83. The van der Waals surface area contributed by atoms with Gasteiger partial charge in [0.05, 0.1) is 25.5 Å². The minimum atomic E-state index is 0.107. The fraction of sp³-hybridized carbons (Fsp3) is 0.400. The van der Waals surface area contributed by atoms with Crippen molar-refractivity contribution in [3.05, 3.63) is 88.2 Å². The molecule has 0 radical (unpaired) electrons. The van der Waals surface area contributed by atoms with Crippen LogP contribution in [-0.4, -0.2) is 54.5 Å². The molecular formula is C30H35N3O3. The quantitative estimate of drug-likeness (QED) is 0.493. The van der Waals surface area contributed by atoms with Gasteiger partial charge in [-0.3, -0.25) is 14.7 Å². The molecule has 3 heterocycles. The molecule has 0 bridgehead atoms. The van der Waals surface area contributed by atoms with E-state index in [9.17, 15) is 4.79 Å². The Balaban J connectivity index is 1.29. The van der Waals surface area contributed by atoms with Crippen molar-refractivity contribution in [1.82, 2.24) is 14.8 Å². The zero-order chi connectivity index (χ0) is 25.1. The molecule has 1 saturated heterocycles. The molecule has 1 fully saturated rings. The van der Waals surface area contributed by atoms with Crippen LogP contribution in [0.15, 0.2) is 54.6 Å². The lowest BCUT2D eigenvalue weighted by molar-refractivity contribution is 0.0731. The fourth-order valence-corrected chi connectivity index (χ4v) is 5.59. The van der Waals surface area contributed by atoms with Crippen LogP contribution in [-0.2, 0) is 19.5 Å². The van der Waals surface area contributed by atoms with Gasteiger partial charge in [0.25, 0.3) is 5.91 Å². The number of methoxy groups -OCH3 is 2. The Morgan fingerprint density at radius 1 is 0.944 bits per heavy atom. The third-order valence-electron chi connectivity index (χ3n) is 7.56. The van der Waals surface area contributed by atoms with E-state index in [2.05, 4.69) is 35.2 Å². The number of aromatic nitrogens is 1. The number of benzene rings is 2. The summed E-state index contributed by atoms with van der Waals surface area (Å²) in [5.74, 6) is 1.95. The Morgan fingerprint density at radius 2 is 1.72 bits per heavy atom. The predicted octanol–water partition coefficient (Wildman–Crippen LogP) is 4.99. The first-order valence-corrected chi connectivity index (χ1v) is 12.8. The van der Waals surface area contributed by atoms with E-state index >= 15 is 0 Å². The number of carbonyl (C=O) groups is 1. The Hall–Kier alpha value is -3.38. The molecule has 0 atom stereocenters. The van der Waals surface area contributed by atoms with Crippen LogP contribution in [0.4, 0.5) is 0 Å². The van der Waals surface area contributed by atoms with Crippen molar-refractivity contribution in [3.63, 3.8) is 0 Å². The molecule has 6 heteroatoms. The lowest BCUT2D eigenvalue weighted by Crippen LogP contribution is -2.37. The van der Waals surface area contributed by atoms with Crippen molar-refractivity contribution in [1.29, 1.82) is 0 Å². The molecule has 0 N–H and O–H groups in total. The normalized spacial score (nSPS) is 16.5. The first-order chi connectivity index (χ1) is 17.6. The van der Waals surface area contributed by atoms with Crippen molar-refractivity contribution >= 4 is 5.91 Å². The molecular weight excluding hydrogens is 450 g/mol. The van der Waals surface area contributed by atoms with Gasteiger partial charge in [-0.25, -0.2) is 0 Å². The number of amides is 1. The van der Waals surface area contributed by atoms with Gasteiger partial charge >= 0.3 is 0 Å². The molecule has 2 aliphatic heterocycles. The summed E-state index contributed by atoms with van der Waals surface area (Å²) < 4.78 is 11.1. The van der Waals surface area contributed by atoms with Gasteiger partial charge in [-0.2, -0.15) is 0 Å². The van der Waals surface area contributed by atoms with Crippen molar-refractivity contribution in [2.45, 2.75) is 45.2 Å². The standard InChI is InChI=1S/C30H35N3O3/c1-21-11-12-26(30(34)33-18-15-22-7-4-5-8-24(22)20-33)28(31-21)23-13-16-32(17-14-23)19-25-9-6-10-27(35-2)29(25)36-3/h4-12,23H,13-20H2,1-3H3. The van der Waals surface area contributed by atoms with Crippen molar-refractivity contribution in [2.75, 3.05) is 33.9 Å².